The molecular weight excluding hydrogens is 440 g/mol. The number of hydrogen-bond donors (Lipinski definition) is 0. The Labute approximate surface area is 190 Å². The molecule has 2 radical (unpaired) electrons. The van der Waals surface area contributed by atoms with E-state index in [0.717, 1.165) is 0 Å². The molecule has 33 heavy (non-hydrogen) atoms. The second kappa shape index (κ2) is 13.1. The Morgan fingerprint density at radius 3 is 1.52 bits per heavy atom. The third-order valence-electron chi connectivity index (χ3n) is 4.04. The molecule has 0 bridgehead atoms. The lowest BCUT2D eigenvalue weighted by atomic mass is 10.2. The van der Waals surface area contributed by atoms with Gasteiger partial charge in [-0.05, 0) is 43.3 Å². The summed E-state index contributed by atoms with van der Waals surface area (Å²) in [7, 11) is 5.65. The van der Waals surface area contributed by atoms with Gasteiger partial charge in [-0.25, -0.2) is 9.59 Å². The Balaban J connectivity index is 2.05. The molecule has 0 aromatic heterocycles. The third kappa shape index (κ3) is 7.24. The summed E-state index contributed by atoms with van der Waals surface area (Å²) in [5, 5.41) is 0. The minimum atomic E-state index is -0.928. The normalized spacial score (nSPS) is 10.5. The van der Waals surface area contributed by atoms with Crippen molar-refractivity contribution >= 4 is 11.9 Å². The van der Waals surface area contributed by atoms with Crippen LogP contribution in [0.3, 0.4) is 0 Å². The lowest BCUT2D eigenvalue weighted by molar-refractivity contribution is -0.368. The van der Waals surface area contributed by atoms with E-state index >= 15 is 0 Å². The van der Waals surface area contributed by atoms with Crippen molar-refractivity contribution in [3.63, 3.8) is 0 Å². The summed E-state index contributed by atoms with van der Waals surface area (Å²) in [5.41, 5.74) is 0.0415. The fourth-order valence-corrected chi connectivity index (χ4v) is 2.42. The average Bonchev–Trinajstić information content (AvgIpc) is 2.86. The Bertz CT molecular complexity index is 857. The van der Waals surface area contributed by atoms with Crippen molar-refractivity contribution in [2.24, 2.45) is 0 Å². The molecule has 0 atom stereocenters. The van der Waals surface area contributed by atoms with Crippen molar-refractivity contribution in [1.82, 2.24) is 0 Å². The van der Waals surface area contributed by atoms with E-state index in [1.54, 1.807) is 12.1 Å². The zero-order valence-electron chi connectivity index (χ0n) is 18.6. The van der Waals surface area contributed by atoms with E-state index in [0.29, 0.717) is 11.5 Å². The summed E-state index contributed by atoms with van der Waals surface area (Å²) >= 11 is 0. The van der Waals surface area contributed by atoms with Crippen molar-refractivity contribution in [2.45, 2.75) is 0 Å². The molecule has 0 unspecified atom stereocenters. The minimum absolute atomic E-state index is 0.0207. The zero-order valence-corrected chi connectivity index (χ0v) is 18.6. The van der Waals surface area contributed by atoms with Crippen LogP contribution in [0, 0.1) is 13.2 Å². The quantitative estimate of drug-likeness (QED) is 0.322. The van der Waals surface area contributed by atoms with Gasteiger partial charge < -0.3 is 23.7 Å². The predicted octanol–water partition coefficient (Wildman–Crippen LogP) is 2.94. The highest BCUT2D eigenvalue weighted by Gasteiger charge is 2.25. The van der Waals surface area contributed by atoms with E-state index in [4.69, 9.17) is 43.2 Å². The van der Waals surface area contributed by atoms with Crippen LogP contribution in [0.1, 0.15) is 20.7 Å². The van der Waals surface area contributed by atoms with Crippen molar-refractivity contribution in [3.8, 4) is 23.0 Å². The molecule has 0 amide bonds. The van der Waals surface area contributed by atoms with Crippen molar-refractivity contribution in [3.05, 3.63) is 60.7 Å². The molecule has 0 aliphatic rings. The summed E-state index contributed by atoms with van der Waals surface area (Å²) in [6.45, 7) is 3.18. The van der Waals surface area contributed by atoms with Gasteiger partial charge in [0.15, 0.2) is 0 Å². The van der Waals surface area contributed by atoms with Gasteiger partial charge in [0.2, 0.25) is 0 Å². The maximum absolute atomic E-state index is 12.4. The van der Waals surface area contributed by atoms with Crippen LogP contribution in [0.5, 0.6) is 23.0 Å². The first kappa shape index (κ1) is 25.7. The summed E-state index contributed by atoms with van der Waals surface area (Å²) in [6, 6.07) is 9.04. The number of methoxy groups -OCH3 is 4. The summed E-state index contributed by atoms with van der Waals surface area (Å²) in [6.07, 6.45) is -0.482. The maximum Gasteiger partial charge on any atom is 0.377 e. The molecule has 0 saturated carbocycles. The summed E-state index contributed by atoms with van der Waals surface area (Å²) in [4.78, 5) is 44.2. The third-order valence-corrected chi connectivity index (χ3v) is 4.04. The lowest BCUT2D eigenvalue weighted by Gasteiger charge is -2.15. The van der Waals surface area contributed by atoms with E-state index in [1.807, 2.05) is 0 Å². The molecule has 0 aliphatic heterocycles. The Hall–Kier alpha value is -3.54. The fourth-order valence-electron chi connectivity index (χ4n) is 2.42. The highest BCUT2D eigenvalue weighted by molar-refractivity contribution is 5.93. The number of hydrogen-bond acceptors (Lipinski definition) is 11. The molecule has 0 N–H and O–H groups in total. The first-order chi connectivity index (χ1) is 16.0. The van der Waals surface area contributed by atoms with Gasteiger partial charge in [0, 0.05) is 6.61 Å². The largest absolute Gasteiger partial charge is 0.497 e. The van der Waals surface area contributed by atoms with Crippen LogP contribution >= 0.6 is 0 Å². The monoisotopic (exact) mass is 464 g/mol. The van der Waals surface area contributed by atoms with Gasteiger partial charge >= 0.3 is 18.2 Å². The first-order valence-electron chi connectivity index (χ1n) is 9.41. The second-order valence-electron chi connectivity index (χ2n) is 5.97. The van der Waals surface area contributed by atoms with Crippen molar-refractivity contribution in [1.29, 1.82) is 0 Å². The first-order valence-corrected chi connectivity index (χ1v) is 9.41. The molecule has 178 valence electrons. The van der Waals surface area contributed by atoms with E-state index in [2.05, 4.69) is 6.92 Å². The fraction of sp³-hybridized carbons (Fsp3) is 0.273. The minimum Gasteiger partial charge on any atom is -0.497 e. The number of ether oxygens (including phenoxy) is 5. The zero-order chi connectivity index (χ0) is 24.2. The smallest absolute Gasteiger partial charge is 0.377 e. The molecule has 0 saturated heterocycles. The standard InChI is InChI=1S/C22H24O11/c1-6-29-13-20(30-32-21(23)16-11-14(25-2)7-9-18(16)27-4)31-33-22(24)17-12-15(26-3)8-10-19(17)28-5/h7-12H,1,6,13H2,2-5H3. The number of rotatable bonds is 13. The van der Waals surface area contributed by atoms with Crippen LogP contribution < -0.4 is 18.9 Å². The average molecular weight is 464 g/mol. The van der Waals surface area contributed by atoms with Crippen LogP contribution in [0.2, 0.25) is 0 Å². The molecular formula is C22H24O11. The highest BCUT2D eigenvalue weighted by atomic mass is 17.3. The van der Waals surface area contributed by atoms with E-state index in [9.17, 15) is 9.59 Å². The second-order valence-corrected chi connectivity index (χ2v) is 5.97. The van der Waals surface area contributed by atoms with Gasteiger partial charge in [-0.2, -0.15) is 0 Å². The van der Waals surface area contributed by atoms with Gasteiger partial charge in [0.05, 0.1) is 28.4 Å². The number of carbonyl (C=O) groups excluding carboxylic acids is 2. The molecule has 11 nitrogen and oxygen atoms in total. The summed E-state index contributed by atoms with van der Waals surface area (Å²) in [5.74, 6) is -0.631. The van der Waals surface area contributed by atoms with Crippen LogP contribution in [-0.4, -0.2) is 53.6 Å². The molecule has 0 heterocycles. The lowest BCUT2D eigenvalue weighted by Crippen LogP contribution is -2.20. The van der Waals surface area contributed by atoms with Crippen LogP contribution in [0.25, 0.3) is 0 Å². The molecule has 2 rings (SSSR count). The van der Waals surface area contributed by atoms with Gasteiger partial charge in [-0.1, -0.05) is 0 Å². The van der Waals surface area contributed by atoms with Gasteiger partial charge in [0.1, 0.15) is 40.7 Å². The van der Waals surface area contributed by atoms with Crippen molar-refractivity contribution in [2.75, 3.05) is 41.7 Å². The van der Waals surface area contributed by atoms with Crippen LogP contribution in [0.4, 0.5) is 0 Å². The molecule has 0 fully saturated rings. The molecule has 11 heteroatoms. The topological polar surface area (TPSA) is 117 Å². The number of benzene rings is 2. The predicted molar refractivity (Wildman–Crippen MR) is 112 cm³/mol. The summed E-state index contributed by atoms with van der Waals surface area (Å²) < 4.78 is 25.5. The van der Waals surface area contributed by atoms with Gasteiger partial charge in [-0.3, -0.25) is 9.78 Å². The molecule has 2 aromatic rings. The number of carbonyl (C=O) groups is 2. The van der Waals surface area contributed by atoms with Crippen LogP contribution in [0.15, 0.2) is 36.4 Å². The van der Waals surface area contributed by atoms with E-state index < -0.39 is 18.2 Å². The van der Waals surface area contributed by atoms with Crippen LogP contribution in [-0.2, 0) is 24.3 Å². The van der Waals surface area contributed by atoms with Crippen molar-refractivity contribution < 1.29 is 52.8 Å². The molecule has 2 aromatic carbocycles. The Morgan fingerprint density at radius 1 is 0.697 bits per heavy atom. The van der Waals surface area contributed by atoms with Gasteiger partial charge in [0.25, 0.3) is 0 Å². The van der Waals surface area contributed by atoms with Gasteiger partial charge in [-0.15, -0.1) is 9.78 Å². The Morgan fingerprint density at radius 2 is 1.15 bits per heavy atom. The van der Waals surface area contributed by atoms with E-state index in [-0.39, 0.29) is 35.8 Å². The highest BCUT2D eigenvalue weighted by Crippen LogP contribution is 2.27. The molecule has 0 spiro atoms. The molecule has 0 aliphatic carbocycles. The SMILES string of the molecule is [CH2]COC[C](OOC(=O)c1cc(OC)ccc1OC)OOC(=O)c1cc(OC)ccc1OC. The van der Waals surface area contributed by atoms with E-state index in [1.165, 1.54) is 52.7 Å². The maximum atomic E-state index is 12.4. The Kier molecular flexibility index (Phi) is 10.2.